The van der Waals surface area contributed by atoms with E-state index in [0.29, 0.717) is 22.7 Å². The van der Waals surface area contributed by atoms with Crippen molar-refractivity contribution < 1.29 is 9.47 Å². The quantitative estimate of drug-likeness (QED) is 0.558. The zero-order valence-electron chi connectivity index (χ0n) is 16.1. The van der Waals surface area contributed by atoms with Crippen molar-refractivity contribution in [2.75, 3.05) is 37.5 Å². The molecule has 2 N–H and O–H groups in total. The van der Waals surface area contributed by atoms with Gasteiger partial charge in [-0.1, -0.05) is 18.2 Å². The molecule has 3 rings (SSSR count). The lowest BCUT2D eigenvalue weighted by molar-refractivity contribution is 0.355. The number of anilines is 2. The molecule has 5 nitrogen and oxygen atoms in total. The SMILES string of the molecule is COc1ccc(NC(=S)NCCCN2c3ccccc3C[C@@H]2C)cc1OC. The van der Waals surface area contributed by atoms with Crippen molar-refractivity contribution in [3.05, 3.63) is 48.0 Å². The summed E-state index contributed by atoms with van der Waals surface area (Å²) in [5.74, 6) is 1.37. The Hall–Kier alpha value is -2.47. The fraction of sp³-hybridized carbons (Fsp3) is 0.381. The molecule has 1 heterocycles. The second-order valence-corrected chi connectivity index (χ2v) is 7.09. The predicted molar refractivity (Wildman–Crippen MR) is 115 cm³/mol. The van der Waals surface area contributed by atoms with Crippen LogP contribution in [0, 0.1) is 0 Å². The lowest BCUT2D eigenvalue weighted by Gasteiger charge is -2.25. The largest absolute Gasteiger partial charge is 0.493 e. The molecule has 0 amide bonds. The third kappa shape index (κ3) is 4.63. The number of rotatable bonds is 7. The number of hydrogen-bond acceptors (Lipinski definition) is 4. The van der Waals surface area contributed by atoms with Crippen LogP contribution in [0.15, 0.2) is 42.5 Å². The number of nitrogens with zero attached hydrogens (tertiary/aromatic N) is 1. The molecule has 1 atom stereocenters. The Morgan fingerprint density at radius 1 is 1.15 bits per heavy atom. The van der Waals surface area contributed by atoms with Crippen LogP contribution >= 0.6 is 12.2 Å². The summed E-state index contributed by atoms with van der Waals surface area (Å²) in [6.07, 6.45) is 2.15. The maximum absolute atomic E-state index is 5.40. The van der Waals surface area contributed by atoms with Crippen LogP contribution in [-0.2, 0) is 6.42 Å². The summed E-state index contributed by atoms with van der Waals surface area (Å²) < 4.78 is 10.6. The van der Waals surface area contributed by atoms with Crippen LogP contribution in [0.3, 0.4) is 0 Å². The highest BCUT2D eigenvalue weighted by molar-refractivity contribution is 7.80. The Bertz CT molecular complexity index is 797. The van der Waals surface area contributed by atoms with E-state index in [1.807, 2.05) is 18.2 Å². The van der Waals surface area contributed by atoms with E-state index in [-0.39, 0.29) is 0 Å². The van der Waals surface area contributed by atoms with E-state index < -0.39 is 0 Å². The Morgan fingerprint density at radius 2 is 1.93 bits per heavy atom. The Labute approximate surface area is 166 Å². The molecule has 0 spiro atoms. The van der Waals surface area contributed by atoms with E-state index in [1.54, 1.807) is 14.2 Å². The molecule has 0 bridgehead atoms. The summed E-state index contributed by atoms with van der Waals surface area (Å²) in [6.45, 7) is 4.13. The molecular weight excluding hydrogens is 358 g/mol. The number of ether oxygens (including phenoxy) is 2. The molecule has 27 heavy (non-hydrogen) atoms. The zero-order valence-corrected chi connectivity index (χ0v) is 16.9. The van der Waals surface area contributed by atoms with Gasteiger partial charge in [-0.25, -0.2) is 0 Å². The molecule has 0 unspecified atom stereocenters. The first kappa shape index (κ1) is 19.3. The van der Waals surface area contributed by atoms with Gasteiger partial charge in [0.15, 0.2) is 16.6 Å². The van der Waals surface area contributed by atoms with Crippen LogP contribution < -0.4 is 25.0 Å². The van der Waals surface area contributed by atoms with Crippen molar-refractivity contribution in [2.45, 2.75) is 25.8 Å². The molecule has 0 saturated carbocycles. The zero-order chi connectivity index (χ0) is 19.2. The van der Waals surface area contributed by atoms with Crippen molar-refractivity contribution in [3.63, 3.8) is 0 Å². The first-order valence-electron chi connectivity index (χ1n) is 9.23. The van der Waals surface area contributed by atoms with E-state index in [0.717, 1.165) is 31.6 Å². The van der Waals surface area contributed by atoms with Crippen LogP contribution in [0.5, 0.6) is 11.5 Å². The van der Waals surface area contributed by atoms with Crippen LogP contribution in [0.4, 0.5) is 11.4 Å². The Balaban J connectivity index is 1.45. The molecule has 0 aliphatic carbocycles. The lowest BCUT2D eigenvalue weighted by atomic mass is 10.1. The van der Waals surface area contributed by atoms with Crippen molar-refractivity contribution in [1.29, 1.82) is 0 Å². The number of methoxy groups -OCH3 is 2. The van der Waals surface area contributed by atoms with Gasteiger partial charge in [0.05, 0.1) is 14.2 Å². The van der Waals surface area contributed by atoms with Crippen molar-refractivity contribution >= 4 is 28.7 Å². The van der Waals surface area contributed by atoms with Gasteiger partial charge in [0, 0.05) is 36.6 Å². The van der Waals surface area contributed by atoms with E-state index in [2.05, 4.69) is 46.7 Å². The van der Waals surface area contributed by atoms with E-state index in [1.165, 1.54) is 11.3 Å². The summed E-state index contributed by atoms with van der Waals surface area (Å²) in [7, 11) is 3.24. The lowest BCUT2D eigenvalue weighted by Crippen LogP contribution is -2.34. The van der Waals surface area contributed by atoms with Gasteiger partial charge in [-0.3, -0.25) is 0 Å². The average Bonchev–Trinajstić information content (AvgIpc) is 3.00. The van der Waals surface area contributed by atoms with E-state index in [9.17, 15) is 0 Å². The van der Waals surface area contributed by atoms with Crippen LogP contribution in [0.25, 0.3) is 0 Å². The monoisotopic (exact) mass is 385 g/mol. The van der Waals surface area contributed by atoms with Gasteiger partial charge in [-0.05, 0) is 55.7 Å². The summed E-state index contributed by atoms with van der Waals surface area (Å²) in [4.78, 5) is 2.49. The van der Waals surface area contributed by atoms with Gasteiger partial charge in [-0.15, -0.1) is 0 Å². The van der Waals surface area contributed by atoms with Gasteiger partial charge in [0.1, 0.15) is 0 Å². The van der Waals surface area contributed by atoms with Crippen molar-refractivity contribution in [1.82, 2.24) is 5.32 Å². The van der Waals surface area contributed by atoms with Gasteiger partial charge >= 0.3 is 0 Å². The average molecular weight is 386 g/mol. The topological polar surface area (TPSA) is 45.8 Å². The summed E-state index contributed by atoms with van der Waals surface area (Å²) in [5, 5.41) is 7.08. The van der Waals surface area contributed by atoms with Crippen LogP contribution in [0.1, 0.15) is 18.9 Å². The second kappa shape index (κ2) is 8.95. The standard InChI is InChI=1S/C21H27N3O2S/c1-15-13-16-7-4-5-8-18(16)24(15)12-6-11-22-21(27)23-17-9-10-19(25-2)20(14-17)26-3/h4-5,7-10,14-15H,6,11-13H2,1-3H3,(H2,22,23,27)/t15-/m0/s1. The minimum atomic E-state index is 0.555. The third-order valence-electron chi connectivity index (χ3n) is 4.85. The van der Waals surface area contributed by atoms with E-state index >= 15 is 0 Å². The van der Waals surface area contributed by atoms with Crippen LogP contribution in [-0.4, -0.2) is 38.5 Å². The number of fused-ring (bicyclic) bond motifs is 1. The molecule has 144 valence electrons. The highest BCUT2D eigenvalue weighted by Crippen LogP contribution is 2.31. The van der Waals surface area contributed by atoms with Gasteiger partial charge in [-0.2, -0.15) is 0 Å². The van der Waals surface area contributed by atoms with Gasteiger partial charge in [0.2, 0.25) is 0 Å². The normalized spacial score (nSPS) is 15.2. The first-order chi connectivity index (χ1) is 13.1. The van der Waals surface area contributed by atoms with Gasteiger partial charge < -0.3 is 25.0 Å². The minimum absolute atomic E-state index is 0.555. The first-order valence-corrected chi connectivity index (χ1v) is 9.64. The molecule has 0 radical (unpaired) electrons. The molecule has 1 aliphatic heterocycles. The minimum Gasteiger partial charge on any atom is -0.493 e. The molecule has 0 saturated heterocycles. The number of benzene rings is 2. The fourth-order valence-electron chi connectivity index (χ4n) is 3.51. The number of para-hydroxylation sites is 1. The molecule has 2 aromatic carbocycles. The van der Waals surface area contributed by atoms with Gasteiger partial charge in [0.25, 0.3) is 0 Å². The fourth-order valence-corrected chi connectivity index (χ4v) is 3.73. The predicted octanol–water partition coefficient (Wildman–Crippen LogP) is 3.83. The third-order valence-corrected chi connectivity index (χ3v) is 5.10. The molecule has 2 aromatic rings. The summed E-state index contributed by atoms with van der Waals surface area (Å²) in [5.41, 5.74) is 3.69. The van der Waals surface area contributed by atoms with E-state index in [4.69, 9.17) is 21.7 Å². The molecule has 0 aromatic heterocycles. The Morgan fingerprint density at radius 3 is 2.70 bits per heavy atom. The molecule has 0 fully saturated rings. The summed E-state index contributed by atoms with van der Waals surface area (Å²) in [6, 6.07) is 14.9. The smallest absolute Gasteiger partial charge is 0.170 e. The highest BCUT2D eigenvalue weighted by Gasteiger charge is 2.24. The number of thiocarbonyl (C=S) groups is 1. The Kier molecular flexibility index (Phi) is 6.40. The maximum Gasteiger partial charge on any atom is 0.170 e. The molecule has 6 heteroatoms. The highest BCUT2D eigenvalue weighted by atomic mass is 32.1. The maximum atomic E-state index is 5.40. The van der Waals surface area contributed by atoms with Crippen molar-refractivity contribution in [2.24, 2.45) is 0 Å². The van der Waals surface area contributed by atoms with Crippen LogP contribution in [0.2, 0.25) is 0 Å². The summed E-state index contributed by atoms with van der Waals surface area (Å²) >= 11 is 5.40. The second-order valence-electron chi connectivity index (χ2n) is 6.68. The molecular formula is C21H27N3O2S. The van der Waals surface area contributed by atoms with Crippen molar-refractivity contribution in [3.8, 4) is 11.5 Å². The number of nitrogens with one attached hydrogen (secondary N) is 2. The number of hydrogen-bond donors (Lipinski definition) is 2. The molecule has 1 aliphatic rings.